The third-order valence-corrected chi connectivity index (χ3v) is 3.30. The quantitative estimate of drug-likeness (QED) is 0.807. The van der Waals surface area contributed by atoms with Gasteiger partial charge in [0.15, 0.2) is 0 Å². The predicted octanol–water partition coefficient (Wildman–Crippen LogP) is 1.05. The lowest BCUT2D eigenvalue weighted by atomic mass is 10.1. The number of hydrogen-bond acceptors (Lipinski definition) is 4. The lowest BCUT2D eigenvalue weighted by Gasteiger charge is -2.11. The first-order valence-electron chi connectivity index (χ1n) is 6.03. The van der Waals surface area contributed by atoms with Gasteiger partial charge in [-0.05, 0) is 25.8 Å². The first-order chi connectivity index (χ1) is 7.88. The highest BCUT2D eigenvalue weighted by Crippen LogP contribution is 2.39. The topological polar surface area (TPSA) is 47.0 Å². The van der Waals surface area contributed by atoms with Crippen LogP contribution in [0, 0.1) is 0 Å². The second kappa shape index (κ2) is 4.01. The summed E-state index contributed by atoms with van der Waals surface area (Å²) >= 11 is 0. The van der Waals surface area contributed by atoms with Gasteiger partial charge in [0.2, 0.25) is 5.88 Å². The molecule has 0 atom stereocenters. The lowest BCUT2D eigenvalue weighted by Crippen LogP contribution is -2.16. The molecule has 0 unspecified atom stereocenters. The zero-order valence-corrected chi connectivity index (χ0v) is 9.62. The molecule has 0 bridgehead atoms. The van der Waals surface area contributed by atoms with Crippen molar-refractivity contribution in [3.05, 3.63) is 17.1 Å². The van der Waals surface area contributed by atoms with Gasteiger partial charge in [-0.25, -0.2) is 4.98 Å². The van der Waals surface area contributed by atoms with E-state index in [1.54, 1.807) is 7.11 Å². The molecule has 3 rings (SSSR count). The molecule has 2 aliphatic rings. The summed E-state index contributed by atoms with van der Waals surface area (Å²) in [4.78, 5) is 9.26. The van der Waals surface area contributed by atoms with Crippen LogP contribution in [0.5, 0.6) is 5.88 Å². The van der Waals surface area contributed by atoms with Gasteiger partial charge in [0.25, 0.3) is 0 Å². The standard InChI is InChI=1S/C12H17N3O/c1-16-12-9-4-6-13-7-5-10(9)14-11(15-12)8-2-3-8/h8,13H,2-7H2,1H3. The molecule has 16 heavy (non-hydrogen) atoms. The van der Waals surface area contributed by atoms with Crippen molar-refractivity contribution in [3.63, 3.8) is 0 Å². The van der Waals surface area contributed by atoms with Crippen LogP contribution in [0.1, 0.15) is 35.8 Å². The summed E-state index contributed by atoms with van der Waals surface area (Å²) in [6.45, 7) is 2.01. The summed E-state index contributed by atoms with van der Waals surface area (Å²) < 4.78 is 5.41. The Labute approximate surface area is 95.4 Å². The molecule has 1 fully saturated rings. The largest absolute Gasteiger partial charge is 0.481 e. The van der Waals surface area contributed by atoms with Crippen LogP contribution in [0.15, 0.2) is 0 Å². The Balaban J connectivity index is 2.04. The Bertz CT molecular complexity index is 401. The Morgan fingerprint density at radius 1 is 1.19 bits per heavy atom. The van der Waals surface area contributed by atoms with Gasteiger partial charge in [-0.1, -0.05) is 0 Å². The van der Waals surface area contributed by atoms with E-state index < -0.39 is 0 Å². The Morgan fingerprint density at radius 3 is 2.75 bits per heavy atom. The van der Waals surface area contributed by atoms with Crippen LogP contribution in [0.3, 0.4) is 0 Å². The van der Waals surface area contributed by atoms with E-state index in [2.05, 4.69) is 10.3 Å². The predicted molar refractivity (Wildman–Crippen MR) is 60.8 cm³/mol. The molecule has 0 spiro atoms. The fourth-order valence-electron chi connectivity index (χ4n) is 2.22. The molecule has 2 heterocycles. The van der Waals surface area contributed by atoms with Crippen LogP contribution in [0.4, 0.5) is 0 Å². The van der Waals surface area contributed by atoms with Crippen molar-refractivity contribution in [2.45, 2.75) is 31.6 Å². The molecule has 86 valence electrons. The van der Waals surface area contributed by atoms with Crippen molar-refractivity contribution >= 4 is 0 Å². The van der Waals surface area contributed by atoms with Gasteiger partial charge in [-0.3, -0.25) is 0 Å². The maximum atomic E-state index is 5.41. The number of fused-ring (bicyclic) bond motifs is 1. The summed E-state index contributed by atoms with van der Waals surface area (Å²) in [7, 11) is 1.71. The summed E-state index contributed by atoms with van der Waals surface area (Å²) in [5.41, 5.74) is 2.40. The average molecular weight is 219 g/mol. The smallest absolute Gasteiger partial charge is 0.219 e. The third-order valence-electron chi connectivity index (χ3n) is 3.30. The van der Waals surface area contributed by atoms with Gasteiger partial charge < -0.3 is 10.1 Å². The van der Waals surface area contributed by atoms with E-state index in [1.165, 1.54) is 24.1 Å². The molecule has 1 aromatic heterocycles. The monoisotopic (exact) mass is 219 g/mol. The molecular weight excluding hydrogens is 202 g/mol. The summed E-state index contributed by atoms with van der Waals surface area (Å²) in [5, 5.41) is 3.39. The van der Waals surface area contributed by atoms with Crippen LogP contribution in [0.2, 0.25) is 0 Å². The van der Waals surface area contributed by atoms with Gasteiger partial charge in [-0.2, -0.15) is 4.98 Å². The van der Waals surface area contributed by atoms with E-state index in [4.69, 9.17) is 9.72 Å². The maximum Gasteiger partial charge on any atom is 0.219 e. The highest BCUT2D eigenvalue weighted by Gasteiger charge is 2.29. The van der Waals surface area contributed by atoms with Gasteiger partial charge in [0.1, 0.15) is 5.82 Å². The minimum atomic E-state index is 0.593. The minimum Gasteiger partial charge on any atom is -0.481 e. The van der Waals surface area contributed by atoms with Crippen LogP contribution in [0.25, 0.3) is 0 Å². The van der Waals surface area contributed by atoms with Gasteiger partial charge in [-0.15, -0.1) is 0 Å². The van der Waals surface area contributed by atoms with E-state index in [1.807, 2.05) is 0 Å². The molecule has 4 nitrogen and oxygen atoms in total. The minimum absolute atomic E-state index is 0.593. The van der Waals surface area contributed by atoms with Crippen LogP contribution in [-0.4, -0.2) is 30.2 Å². The number of rotatable bonds is 2. The highest BCUT2D eigenvalue weighted by molar-refractivity contribution is 5.33. The molecule has 4 heteroatoms. The number of aromatic nitrogens is 2. The Hall–Kier alpha value is -1.16. The molecule has 0 saturated heterocycles. The van der Waals surface area contributed by atoms with E-state index >= 15 is 0 Å². The van der Waals surface area contributed by atoms with E-state index in [0.717, 1.165) is 37.6 Å². The number of ether oxygens (including phenoxy) is 1. The SMILES string of the molecule is COc1nc(C2CC2)nc2c1CCNCC2. The first kappa shape index (κ1) is 10.0. The van der Waals surface area contributed by atoms with Crippen molar-refractivity contribution in [2.24, 2.45) is 0 Å². The lowest BCUT2D eigenvalue weighted by molar-refractivity contribution is 0.388. The second-order valence-corrected chi connectivity index (χ2v) is 4.54. The molecule has 1 saturated carbocycles. The molecule has 1 N–H and O–H groups in total. The first-order valence-corrected chi connectivity index (χ1v) is 6.03. The van der Waals surface area contributed by atoms with Crippen molar-refractivity contribution in [1.29, 1.82) is 0 Å². The van der Waals surface area contributed by atoms with Crippen LogP contribution < -0.4 is 10.1 Å². The molecule has 0 radical (unpaired) electrons. The number of nitrogens with one attached hydrogen (secondary N) is 1. The molecular formula is C12H17N3O. The molecule has 1 aliphatic heterocycles. The fourth-order valence-corrected chi connectivity index (χ4v) is 2.22. The van der Waals surface area contributed by atoms with Crippen LogP contribution in [-0.2, 0) is 12.8 Å². The maximum absolute atomic E-state index is 5.41. The van der Waals surface area contributed by atoms with E-state index in [9.17, 15) is 0 Å². The molecule has 0 aromatic carbocycles. The molecule has 1 aliphatic carbocycles. The van der Waals surface area contributed by atoms with Gasteiger partial charge in [0, 0.05) is 24.4 Å². The van der Waals surface area contributed by atoms with Gasteiger partial charge in [0.05, 0.1) is 12.8 Å². The average Bonchev–Trinajstić information content (AvgIpc) is 3.13. The second-order valence-electron chi connectivity index (χ2n) is 4.54. The van der Waals surface area contributed by atoms with Gasteiger partial charge >= 0.3 is 0 Å². The Kier molecular flexibility index (Phi) is 2.52. The molecule has 0 amide bonds. The summed E-state index contributed by atoms with van der Waals surface area (Å²) in [6, 6.07) is 0. The highest BCUT2D eigenvalue weighted by atomic mass is 16.5. The van der Waals surface area contributed by atoms with E-state index in [-0.39, 0.29) is 0 Å². The van der Waals surface area contributed by atoms with Crippen molar-refractivity contribution in [2.75, 3.05) is 20.2 Å². The van der Waals surface area contributed by atoms with Crippen molar-refractivity contribution < 1.29 is 4.74 Å². The zero-order valence-electron chi connectivity index (χ0n) is 9.62. The number of methoxy groups -OCH3 is 1. The number of hydrogen-bond donors (Lipinski definition) is 1. The van der Waals surface area contributed by atoms with Crippen LogP contribution >= 0.6 is 0 Å². The van der Waals surface area contributed by atoms with E-state index in [0.29, 0.717) is 5.92 Å². The third kappa shape index (κ3) is 1.78. The zero-order chi connectivity index (χ0) is 11.0. The Morgan fingerprint density at radius 2 is 2.00 bits per heavy atom. The number of nitrogens with zero attached hydrogens (tertiary/aromatic N) is 2. The summed E-state index contributed by atoms with van der Waals surface area (Å²) in [6.07, 6.45) is 4.44. The fraction of sp³-hybridized carbons (Fsp3) is 0.667. The normalized spacial score (nSPS) is 20.1. The van der Waals surface area contributed by atoms with Crippen molar-refractivity contribution in [1.82, 2.24) is 15.3 Å². The molecule has 1 aromatic rings. The van der Waals surface area contributed by atoms with Crippen molar-refractivity contribution in [3.8, 4) is 5.88 Å². The summed E-state index contributed by atoms with van der Waals surface area (Å²) in [5.74, 6) is 2.39.